The lowest BCUT2D eigenvalue weighted by Gasteiger charge is -2.23. The molecule has 1 atom stereocenters. The summed E-state index contributed by atoms with van der Waals surface area (Å²) in [6.45, 7) is 1.59. The minimum Gasteiger partial charge on any atom is -0.480 e. The van der Waals surface area contributed by atoms with E-state index in [0.717, 1.165) is 23.1 Å². The molecule has 4 nitrogen and oxygen atoms in total. The monoisotopic (exact) mass is 257 g/mol. The highest BCUT2D eigenvalue weighted by molar-refractivity contribution is 5.96. The number of rotatable bonds is 4. The predicted octanol–water partition coefficient (Wildman–Crippen LogP) is 1.90. The number of carbonyl (C=O) groups is 2. The van der Waals surface area contributed by atoms with Gasteiger partial charge in [0.2, 0.25) is 0 Å². The number of aliphatic carboxylic acids is 1. The average Bonchev–Trinajstić information content (AvgIpc) is 2.31. The van der Waals surface area contributed by atoms with Crippen LogP contribution in [0.1, 0.15) is 23.7 Å². The predicted molar refractivity (Wildman–Crippen MR) is 60.2 cm³/mol. The van der Waals surface area contributed by atoms with Gasteiger partial charge in [-0.25, -0.2) is 13.6 Å². The number of carboxylic acids is 1. The minimum absolute atomic E-state index is 0.175. The maximum absolute atomic E-state index is 13.4. The minimum atomic E-state index is -1.19. The van der Waals surface area contributed by atoms with Crippen LogP contribution in [0.4, 0.5) is 8.78 Å². The molecule has 0 bridgehead atoms. The van der Waals surface area contributed by atoms with E-state index in [1.165, 1.54) is 7.05 Å². The van der Waals surface area contributed by atoms with Crippen LogP contribution in [0.15, 0.2) is 18.2 Å². The molecule has 0 aliphatic heterocycles. The lowest BCUT2D eigenvalue weighted by molar-refractivity contribution is -0.142. The van der Waals surface area contributed by atoms with Crippen LogP contribution in [-0.2, 0) is 4.79 Å². The van der Waals surface area contributed by atoms with Crippen molar-refractivity contribution >= 4 is 11.9 Å². The molecular formula is C12H13F2NO3. The summed E-state index contributed by atoms with van der Waals surface area (Å²) in [6.07, 6.45) is 0.175. The normalized spacial score (nSPS) is 12.0. The number of hydrogen-bond acceptors (Lipinski definition) is 2. The van der Waals surface area contributed by atoms with Gasteiger partial charge in [-0.3, -0.25) is 4.79 Å². The molecule has 0 aromatic heterocycles. The Morgan fingerprint density at radius 2 is 2.00 bits per heavy atom. The van der Waals surface area contributed by atoms with E-state index in [1.54, 1.807) is 6.92 Å². The van der Waals surface area contributed by atoms with Crippen molar-refractivity contribution < 1.29 is 23.5 Å². The van der Waals surface area contributed by atoms with Crippen LogP contribution in [0.5, 0.6) is 0 Å². The van der Waals surface area contributed by atoms with Crippen molar-refractivity contribution in [2.75, 3.05) is 7.05 Å². The fourth-order valence-corrected chi connectivity index (χ4v) is 1.61. The van der Waals surface area contributed by atoms with Crippen molar-refractivity contribution in [2.24, 2.45) is 0 Å². The second-order valence-corrected chi connectivity index (χ2v) is 3.80. The summed E-state index contributed by atoms with van der Waals surface area (Å²) >= 11 is 0. The highest BCUT2D eigenvalue weighted by Gasteiger charge is 2.27. The molecule has 1 unspecified atom stereocenters. The molecule has 0 aliphatic carbocycles. The number of likely N-dealkylation sites (N-methyl/N-ethyl adjacent to an activating group) is 1. The van der Waals surface area contributed by atoms with Crippen molar-refractivity contribution in [1.29, 1.82) is 0 Å². The molecule has 1 aromatic rings. The molecule has 0 radical (unpaired) electrons. The Kier molecular flexibility index (Phi) is 4.36. The summed E-state index contributed by atoms with van der Waals surface area (Å²) in [6, 6.07) is 1.40. The largest absolute Gasteiger partial charge is 0.480 e. The summed E-state index contributed by atoms with van der Waals surface area (Å²) in [5.41, 5.74) is -0.475. The zero-order valence-electron chi connectivity index (χ0n) is 9.98. The number of carboxylic acid groups (broad SMARTS) is 1. The van der Waals surface area contributed by atoms with Crippen LogP contribution in [0.2, 0.25) is 0 Å². The summed E-state index contributed by atoms with van der Waals surface area (Å²) in [5, 5.41) is 8.90. The van der Waals surface area contributed by atoms with E-state index in [0.29, 0.717) is 0 Å². The van der Waals surface area contributed by atoms with E-state index in [4.69, 9.17) is 5.11 Å². The number of hydrogen-bond donors (Lipinski definition) is 1. The molecule has 18 heavy (non-hydrogen) atoms. The second-order valence-electron chi connectivity index (χ2n) is 3.80. The Bertz CT molecular complexity index is 476. The standard InChI is InChI=1S/C12H13F2NO3/c1-3-10(12(17)18)15(2)11(16)8-6-7(13)4-5-9(8)14/h4-6,10H,3H2,1-2H3,(H,17,18). The van der Waals surface area contributed by atoms with Gasteiger partial charge in [-0.1, -0.05) is 6.92 Å². The van der Waals surface area contributed by atoms with E-state index in [1.807, 2.05) is 0 Å². The van der Waals surface area contributed by atoms with Crippen molar-refractivity contribution in [2.45, 2.75) is 19.4 Å². The summed E-state index contributed by atoms with van der Waals surface area (Å²) in [7, 11) is 1.25. The van der Waals surface area contributed by atoms with Crippen LogP contribution >= 0.6 is 0 Å². The van der Waals surface area contributed by atoms with Gasteiger partial charge in [0.25, 0.3) is 5.91 Å². The third-order valence-electron chi connectivity index (χ3n) is 2.62. The SMILES string of the molecule is CCC(C(=O)O)N(C)C(=O)c1cc(F)ccc1F. The molecule has 0 fully saturated rings. The first-order chi connectivity index (χ1) is 8.38. The van der Waals surface area contributed by atoms with Crippen LogP contribution in [0.3, 0.4) is 0 Å². The highest BCUT2D eigenvalue weighted by atomic mass is 19.1. The molecule has 0 spiro atoms. The molecule has 98 valence electrons. The quantitative estimate of drug-likeness (QED) is 0.896. The van der Waals surface area contributed by atoms with Gasteiger partial charge >= 0.3 is 5.97 Å². The number of benzene rings is 1. The maximum atomic E-state index is 13.4. The fourth-order valence-electron chi connectivity index (χ4n) is 1.61. The molecular weight excluding hydrogens is 244 g/mol. The lowest BCUT2D eigenvalue weighted by atomic mass is 10.1. The Labute approximate surface area is 103 Å². The lowest BCUT2D eigenvalue weighted by Crippen LogP contribution is -2.42. The maximum Gasteiger partial charge on any atom is 0.326 e. The fraction of sp³-hybridized carbons (Fsp3) is 0.333. The summed E-state index contributed by atoms with van der Waals surface area (Å²) in [4.78, 5) is 23.7. The second kappa shape index (κ2) is 5.57. The van der Waals surface area contributed by atoms with Crippen molar-refractivity contribution in [3.63, 3.8) is 0 Å². The van der Waals surface area contributed by atoms with Gasteiger partial charge in [0.05, 0.1) is 5.56 Å². The zero-order chi connectivity index (χ0) is 13.9. The molecule has 1 aromatic carbocycles. The van der Waals surface area contributed by atoms with Crippen molar-refractivity contribution in [3.8, 4) is 0 Å². The van der Waals surface area contributed by atoms with Gasteiger partial charge in [0, 0.05) is 7.05 Å². The van der Waals surface area contributed by atoms with E-state index in [-0.39, 0.29) is 6.42 Å². The van der Waals surface area contributed by atoms with E-state index in [2.05, 4.69) is 0 Å². The molecule has 1 N–H and O–H groups in total. The first kappa shape index (κ1) is 14.1. The molecule has 1 rings (SSSR count). The Morgan fingerprint density at radius 3 is 2.50 bits per heavy atom. The van der Waals surface area contributed by atoms with Crippen LogP contribution in [-0.4, -0.2) is 35.0 Å². The van der Waals surface area contributed by atoms with E-state index in [9.17, 15) is 18.4 Å². The smallest absolute Gasteiger partial charge is 0.326 e. The Morgan fingerprint density at radius 1 is 1.39 bits per heavy atom. The topological polar surface area (TPSA) is 57.6 Å². The Hall–Kier alpha value is -1.98. The van der Waals surface area contributed by atoms with E-state index >= 15 is 0 Å². The third-order valence-corrected chi connectivity index (χ3v) is 2.62. The van der Waals surface area contributed by atoms with Gasteiger partial charge < -0.3 is 10.0 Å². The van der Waals surface area contributed by atoms with Crippen LogP contribution < -0.4 is 0 Å². The summed E-state index contributed by atoms with van der Waals surface area (Å²) in [5.74, 6) is -3.68. The molecule has 0 heterocycles. The molecule has 0 aliphatic rings. The highest BCUT2D eigenvalue weighted by Crippen LogP contribution is 2.14. The molecule has 0 saturated carbocycles. The number of amides is 1. The third kappa shape index (κ3) is 2.82. The first-order valence-corrected chi connectivity index (χ1v) is 5.33. The van der Waals surface area contributed by atoms with Gasteiger partial charge in [0.15, 0.2) is 0 Å². The summed E-state index contributed by atoms with van der Waals surface area (Å²) < 4.78 is 26.3. The number of nitrogens with zero attached hydrogens (tertiary/aromatic N) is 1. The number of carbonyl (C=O) groups excluding carboxylic acids is 1. The van der Waals surface area contributed by atoms with Gasteiger partial charge in [-0.05, 0) is 24.6 Å². The molecule has 6 heteroatoms. The zero-order valence-corrected chi connectivity index (χ0v) is 9.98. The number of halogens is 2. The Balaban J connectivity index is 3.06. The van der Waals surface area contributed by atoms with Crippen molar-refractivity contribution in [1.82, 2.24) is 4.90 Å². The van der Waals surface area contributed by atoms with Crippen LogP contribution in [0.25, 0.3) is 0 Å². The van der Waals surface area contributed by atoms with Gasteiger partial charge in [0.1, 0.15) is 17.7 Å². The van der Waals surface area contributed by atoms with Crippen LogP contribution in [0, 0.1) is 11.6 Å². The van der Waals surface area contributed by atoms with E-state index < -0.39 is 35.1 Å². The van der Waals surface area contributed by atoms with Gasteiger partial charge in [-0.15, -0.1) is 0 Å². The van der Waals surface area contributed by atoms with Gasteiger partial charge in [-0.2, -0.15) is 0 Å². The molecule has 0 saturated heterocycles. The van der Waals surface area contributed by atoms with Crippen molar-refractivity contribution in [3.05, 3.63) is 35.4 Å². The average molecular weight is 257 g/mol. The first-order valence-electron chi connectivity index (χ1n) is 5.33. The molecule has 1 amide bonds.